The molecule has 0 saturated carbocycles. The number of hydrogen-bond donors (Lipinski definition) is 0. The van der Waals surface area contributed by atoms with Crippen LogP contribution in [0, 0.1) is 5.92 Å². The smallest absolute Gasteiger partial charge is 0.0414 e. The minimum absolute atomic E-state index is 1.04. The summed E-state index contributed by atoms with van der Waals surface area (Å²) in [6.45, 7) is 6.99. The van der Waals surface area contributed by atoms with Crippen molar-refractivity contribution in [3.8, 4) is 0 Å². The molecule has 0 aromatic carbocycles. The molecule has 0 fully saturated rings. The van der Waals surface area contributed by atoms with Crippen molar-refractivity contribution in [2.24, 2.45) is 5.92 Å². The maximum absolute atomic E-state index is 2.36. The second-order valence-electron chi connectivity index (χ2n) is 11.7. The van der Waals surface area contributed by atoms with E-state index in [1.807, 2.05) is 0 Å². The molecule has 0 radical (unpaired) electrons. The SMILES string of the molecule is CCCCCCCCCCCCCCCCCCCC(CCCC)CCCCCCCCCC. The summed E-state index contributed by atoms with van der Waals surface area (Å²) in [5, 5.41) is 0. The molecular formula is C34H70. The molecule has 0 rings (SSSR count). The first kappa shape index (κ1) is 34.0. The van der Waals surface area contributed by atoms with Gasteiger partial charge in [0.2, 0.25) is 0 Å². The van der Waals surface area contributed by atoms with Gasteiger partial charge in [0.05, 0.1) is 0 Å². The first-order chi connectivity index (χ1) is 16.8. The Morgan fingerprint density at radius 1 is 0.235 bits per heavy atom. The molecule has 0 nitrogen and oxygen atoms in total. The molecule has 0 aliphatic heterocycles. The molecule has 0 heteroatoms. The molecule has 0 amide bonds. The van der Waals surface area contributed by atoms with Gasteiger partial charge >= 0.3 is 0 Å². The van der Waals surface area contributed by atoms with Gasteiger partial charge in [0.25, 0.3) is 0 Å². The Labute approximate surface area is 219 Å². The van der Waals surface area contributed by atoms with Gasteiger partial charge in [-0.3, -0.25) is 0 Å². The van der Waals surface area contributed by atoms with Gasteiger partial charge in [-0.05, 0) is 5.92 Å². The van der Waals surface area contributed by atoms with Crippen molar-refractivity contribution < 1.29 is 0 Å². The summed E-state index contributed by atoms with van der Waals surface area (Å²) in [5.41, 5.74) is 0. The van der Waals surface area contributed by atoms with Gasteiger partial charge in [-0.25, -0.2) is 0 Å². The van der Waals surface area contributed by atoms with Crippen molar-refractivity contribution in [2.75, 3.05) is 0 Å². The third-order valence-corrected chi connectivity index (χ3v) is 8.15. The summed E-state index contributed by atoms with van der Waals surface area (Å²) in [4.78, 5) is 0. The van der Waals surface area contributed by atoms with Crippen LogP contribution >= 0.6 is 0 Å². The Balaban J connectivity index is 3.42. The van der Waals surface area contributed by atoms with Crippen molar-refractivity contribution in [2.45, 2.75) is 213 Å². The van der Waals surface area contributed by atoms with E-state index in [0.717, 1.165) is 5.92 Å². The van der Waals surface area contributed by atoms with E-state index < -0.39 is 0 Å². The van der Waals surface area contributed by atoms with Crippen molar-refractivity contribution in [3.63, 3.8) is 0 Å². The van der Waals surface area contributed by atoms with Crippen LogP contribution in [0.1, 0.15) is 213 Å². The van der Waals surface area contributed by atoms with Gasteiger partial charge in [0.1, 0.15) is 0 Å². The van der Waals surface area contributed by atoms with Crippen molar-refractivity contribution >= 4 is 0 Å². The maximum Gasteiger partial charge on any atom is -0.0414 e. The van der Waals surface area contributed by atoms with E-state index in [2.05, 4.69) is 20.8 Å². The Kier molecular flexibility index (Phi) is 31.0. The molecule has 34 heavy (non-hydrogen) atoms. The fourth-order valence-corrected chi connectivity index (χ4v) is 5.65. The van der Waals surface area contributed by atoms with Crippen molar-refractivity contribution in [1.82, 2.24) is 0 Å². The molecule has 1 atom stereocenters. The predicted molar refractivity (Wildman–Crippen MR) is 159 cm³/mol. The molecule has 1 unspecified atom stereocenters. The molecule has 0 spiro atoms. The highest BCUT2D eigenvalue weighted by atomic mass is 14.1. The first-order valence-corrected chi connectivity index (χ1v) is 16.8. The quantitative estimate of drug-likeness (QED) is 0.0900. The van der Waals surface area contributed by atoms with Crippen LogP contribution in [-0.4, -0.2) is 0 Å². The second kappa shape index (κ2) is 31.0. The standard InChI is InChI=1S/C34H70/c1-4-7-10-12-14-16-17-18-19-20-21-22-23-24-26-28-30-33-34(31-9-6-3)32-29-27-25-15-13-11-8-5-2/h34H,4-33H2,1-3H3. The summed E-state index contributed by atoms with van der Waals surface area (Å²) in [6, 6.07) is 0. The fraction of sp³-hybridized carbons (Fsp3) is 1.00. The lowest BCUT2D eigenvalue weighted by Crippen LogP contribution is -2.01. The van der Waals surface area contributed by atoms with Gasteiger partial charge in [0, 0.05) is 0 Å². The predicted octanol–water partition coefficient (Wildman–Crippen LogP) is 13.4. The van der Waals surface area contributed by atoms with Gasteiger partial charge in [-0.1, -0.05) is 213 Å². The molecule has 0 saturated heterocycles. The maximum atomic E-state index is 2.36. The zero-order valence-corrected chi connectivity index (χ0v) is 24.8. The molecular weight excluding hydrogens is 408 g/mol. The van der Waals surface area contributed by atoms with Crippen molar-refractivity contribution in [1.29, 1.82) is 0 Å². The normalized spacial score (nSPS) is 12.4. The summed E-state index contributed by atoms with van der Waals surface area (Å²) in [6.07, 6.45) is 44.3. The zero-order valence-electron chi connectivity index (χ0n) is 24.8. The molecule has 0 aromatic heterocycles. The van der Waals surface area contributed by atoms with E-state index in [1.165, 1.54) is 193 Å². The van der Waals surface area contributed by atoms with Crippen molar-refractivity contribution in [3.05, 3.63) is 0 Å². The monoisotopic (exact) mass is 479 g/mol. The molecule has 0 bridgehead atoms. The summed E-state index contributed by atoms with van der Waals surface area (Å²) >= 11 is 0. The van der Waals surface area contributed by atoms with Gasteiger partial charge in [-0.15, -0.1) is 0 Å². The lowest BCUT2D eigenvalue weighted by molar-refractivity contribution is 0.370. The Bertz CT molecular complexity index is 333. The van der Waals surface area contributed by atoms with Crippen LogP contribution in [0.4, 0.5) is 0 Å². The molecule has 0 aliphatic rings. The third-order valence-electron chi connectivity index (χ3n) is 8.15. The largest absolute Gasteiger partial charge is 0.0654 e. The lowest BCUT2D eigenvalue weighted by Gasteiger charge is -2.16. The molecule has 0 aliphatic carbocycles. The molecule has 206 valence electrons. The topological polar surface area (TPSA) is 0 Å². The van der Waals surface area contributed by atoms with Crippen LogP contribution in [-0.2, 0) is 0 Å². The van der Waals surface area contributed by atoms with E-state index >= 15 is 0 Å². The fourth-order valence-electron chi connectivity index (χ4n) is 5.65. The highest BCUT2D eigenvalue weighted by Gasteiger charge is 2.08. The highest BCUT2D eigenvalue weighted by Crippen LogP contribution is 2.24. The van der Waals surface area contributed by atoms with E-state index in [0.29, 0.717) is 0 Å². The zero-order chi connectivity index (χ0) is 24.8. The lowest BCUT2D eigenvalue weighted by atomic mass is 9.90. The average molecular weight is 479 g/mol. The number of hydrogen-bond acceptors (Lipinski definition) is 0. The third kappa shape index (κ3) is 28.2. The highest BCUT2D eigenvalue weighted by molar-refractivity contribution is 4.61. The summed E-state index contributed by atoms with van der Waals surface area (Å²) in [5.74, 6) is 1.04. The summed E-state index contributed by atoms with van der Waals surface area (Å²) < 4.78 is 0. The van der Waals surface area contributed by atoms with Gasteiger partial charge in [0.15, 0.2) is 0 Å². The van der Waals surface area contributed by atoms with Crippen LogP contribution in [0.2, 0.25) is 0 Å². The molecule has 0 N–H and O–H groups in total. The minimum atomic E-state index is 1.04. The Morgan fingerprint density at radius 3 is 0.706 bits per heavy atom. The van der Waals surface area contributed by atoms with Crippen LogP contribution in [0.25, 0.3) is 0 Å². The van der Waals surface area contributed by atoms with E-state index in [-0.39, 0.29) is 0 Å². The number of unbranched alkanes of at least 4 members (excludes halogenated alkanes) is 24. The van der Waals surface area contributed by atoms with E-state index in [1.54, 1.807) is 0 Å². The number of rotatable bonds is 30. The molecule has 0 heterocycles. The minimum Gasteiger partial charge on any atom is -0.0654 e. The van der Waals surface area contributed by atoms with Gasteiger partial charge in [-0.2, -0.15) is 0 Å². The van der Waals surface area contributed by atoms with E-state index in [9.17, 15) is 0 Å². The van der Waals surface area contributed by atoms with Crippen LogP contribution < -0.4 is 0 Å². The van der Waals surface area contributed by atoms with E-state index in [4.69, 9.17) is 0 Å². The van der Waals surface area contributed by atoms with Crippen LogP contribution in [0.5, 0.6) is 0 Å². The first-order valence-electron chi connectivity index (χ1n) is 16.8. The van der Waals surface area contributed by atoms with Gasteiger partial charge < -0.3 is 0 Å². The Morgan fingerprint density at radius 2 is 0.441 bits per heavy atom. The average Bonchev–Trinajstić information content (AvgIpc) is 2.85. The summed E-state index contributed by atoms with van der Waals surface area (Å²) in [7, 11) is 0. The second-order valence-corrected chi connectivity index (χ2v) is 11.7. The molecule has 0 aromatic rings. The Hall–Kier alpha value is 0. The van der Waals surface area contributed by atoms with Crippen LogP contribution in [0.15, 0.2) is 0 Å². The van der Waals surface area contributed by atoms with Crippen LogP contribution in [0.3, 0.4) is 0 Å².